The number of nitrogens with zero attached hydrogens (tertiary/aromatic N) is 6. The second kappa shape index (κ2) is 10.2. The molecule has 2 aliphatic heterocycles. The van der Waals surface area contributed by atoms with E-state index in [0.717, 1.165) is 34.4 Å². The zero-order valence-electron chi connectivity index (χ0n) is 20.3. The monoisotopic (exact) mass is 550 g/mol. The van der Waals surface area contributed by atoms with Crippen molar-refractivity contribution in [3.05, 3.63) is 89.1 Å². The smallest absolute Gasteiger partial charge is 0.330 e. The first-order valence-corrected chi connectivity index (χ1v) is 12.4. The number of hydrogen-bond donors (Lipinski definition) is 0. The first-order valence-electron chi connectivity index (χ1n) is 11.6. The van der Waals surface area contributed by atoms with E-state index in [-0.39, 0.29) is 11.9 Å². The molecule has 1 atom stereocenters. The molecule has 0 fully saturated rings. The highest BCUT2D eigenvalue weighted by molar-refractivity contribution is 9.10. The molecule has 0 spiro atoms. The number of ether oxygens (including phenoxy) is 2. The lowest BCUT2D eigenvalue weighted by Crippen LogP contribution is -2.46. The Kier molecular flexibility index (Phi) is 6.80. The summed E-state index contributed by atoms with van der Waals surface area (Å²) in [5.41, 5.74) is 2.62. The molecule has 9 nitrogen and oxygen atoms in total. The van der Waals surface area contributed by atoms with E-state index in [4.69, 9.17) is 19.4 Å². The van der Waals surface area contributed by atoms with Crippen molar-refractivity contribution in [2.75, 3.05) is 42.4 Å². The molecular weight excluding hydrogens is 524 g/mol. The Morgan fingerprint density at radius 2 is 2.06 bits per heavy atom. The molecule has 0 saturated heterocycles. The van der Waals surface area contributed by atoms with E-state index in [1.165, 1.54) is 18.8 Å². The Morgan fingerprint density at radius 3 is 2.81 bits per heavy atom. The van der Waals surface area contributed by atoms with Gasteiger partial charge in [0.05, 0.1) is 12.2 Å². The number of halogens is 1. The fraction of sp³-hybridized carbons (Fsp3) is 0.269. The molecule has 2 amide bonds. The summed E-state index contributed by atoms with van der Waals surface area (Å²) in [6.07, 6.45) is 13.3. The Bertz CT molecular complexity index is 1290. The summed E-state index contributed by atoms with van der Waals surface area (Å²) >= 11 is 3.56. The lowest BCUT2D eigenvalue weighted by Gasteiger charge is -2.36. The molecule has 186 valence electrons. The molecule has 1 aliphatic carbocycles. The van der Waals surface area contributed by atoms with E-state index in [2.05, 4.69) is 41.0 Å². The highest BCUT2D eigenvalue weighted by atomic mass is 79.9. The highest BCUT2D eigenvalue weighted by Crippen LogP contribution is 2.37. The minimum absolute atomic E-state index is 0.171. The number of carbonyl (C=O) groups excluding carboxylic acids is 1. The van der Waals surface area contributed by atoms with Crippen molar-refractivity contribution in [3.63, 3.8) is 0 Å². The average molecular weight is 551 g/mol. The number of para-hydroxylation sites is 1. The van der Waals surface area contributed by atoms with Crippen molar-refractivity contribution in [2.24, 2.45) is 5.92 Å². The molecule has 0 radical (unpaired) electrons. The van der Waals surface area contributed by atoms with Crippen LogP contribution < -0.4 is 14.7 Å². The van der Waals surface area contributed by atoms with E-state index in [9.17, 15) is 4.79 Å². The van der Waals surface area contributed by atoms with Crippen LogP contribution in [0.1, 0.15) is 12.0 Å². The van der Waals surface area contributed by atoms with E-state index in [1.807, 2.05) is 41.3 Å². The first kappa shape index (κ1) is 24.1. The molecule has 3 heterocycles. The Morgan fingerprint density at radius 1 is 1.22 bits per heavy atom. The molecule has 10 heteroatoms. The van der Waals surface area contributed by atoms with Crippen LogP contribution in [0, 0.1) is 5.92 Å². The molecule has 0 N–H and O–H groups in total. The molecule has 5 rings (SSSR count). The lowest BCUT2D eigenvalue weighted by molar-refractivity contribution is 0.246. The minimum Gasteiger partial charge on any atom is -0.464 e. The van der Waals surface area contributed by atoms with Crippen molar-refractivity contribution in [1.29, 1.82) is 0 Å². The van der Waals surface area contributed by atoms with E-state index in [1.54, 1.807) is 23.0 Å². The van der Waals surface area contributed by atoms with Crippen molar-refractivity contribution in [1.82, 2.24) is 14.9 Å². The van der Waals surface area contributed by atoms with Gasteiger partial charge in [-0.25, -0.2) is 14.7 Å². The van der Waals surface area contributed by atoms with Gasteiger partial charge in [-0.3, -0.25) is 9.80 Å². The van der Waals surface area contributed by atoms with Crippen molar-refractivity contribution in [3.8, 4) is 0 Å². The van der Waals surface area contributed by atoms with Crippen LogP contribution in [0.25, 0.3) is 0 Å². The van der Waals surface area contributed by atoms with Crippen molar-refractivity contribution in [2.45, 2.75) is 13.0 Å². The second-order valence-corrected chi connectivity index (χ2v) is 9.78. The van der Waals surface area contributed by atoms with E-state index in [0.29, 0.717) is 24.2 Å². The van der Waals surface area contributed by atoms with Crippen LogP contribution in [0.3, 0.4) is 0 Å². The normalized spacial score (nSPS) is 18.9. The summed E-state index contributed by atoms with van der Waals surface area (Å²) in [6, 6.07) is 7.48. The van der Waals surface area contributed by atoms with Gasteiger partial charge in [-0.1, -0.05) is 24.3 Å². The van der Waals surface area contributed by atoms with Crippen LogP contribution in [-0.4, -0.2) is 48.6 Å². The van der Waals surface area contributed by atoms with Gasteiger partial charge in [0.25, 0.3) is 0 Å². The van der Waals surface area contributed by atoms with Gasteiger partial charge in [-0.2, -0.15) is 4.98 Å². The quantitative estimate of drug-likeness (QED) is 0.503. The summed E-state index contributed by atoms with van der Waals surface area (Å²) in [4.78, 5) is 30.2. The third-order valence-electron chi connectivity index (χ3n) is 6.13. The van der Waals surface area contributed by atoms with Gasteiger partial charge in [0, 0.05) is 41.4 Å². The van der Waals surface area contributed by atoms with E-state index >= 15 is 0 Å². The molecule has 1 unspecified atom stereocenters. The van der Waals surface area contributed by atoms with Crippen LogP contribution in [0.4, 0.5) is 22.2 Å². The van der Waals surface area contributed by atoms with Gasteiger partial charge < -0.3 is 14.4 Å². The van der Waals surface area contributed by atoms with Crippen LogP contribution in [0.2, 0.25) is 0 Å². The fourth-order valence-corrected chi connectivity index (χ4v) is 5.00. The molecular formula is C26H27BrN6O3. The maximum absolute atomic E-state index is 13.4. The number of carbonyl (C=O) groups is 1. The molecule has 1 aromatic carbocycles. The molecule has 0 saturated carbocycles. The van der Waals surface area contributed by atoms with Crippen LogP contribution in [0.15, 0.2) is 83.5 Å². The summed E-state index contributed by atoms with van der Waals surface area (Å²) in [7, 11) is 5.83. The zero-order valence-corrected chi connectivity index (χ0v) is 21.9. The second-order valence-electron chi connectivity index (χ2n) is 8.93. The Hall–Kier alpha value is -3.63. The number of amides is 2. The van der Waals surface area contributed by atoms with Gasteiger partial charge >= 0.3 is 6.03 Å². The lowest BCUT2D eigenvalue weighted by atomic mass is 9.95. The van der Waals surface area contributed by atoms with Gasteiger partial charge in [0.2, 0.25) is 11.8 Å². The standard InChI is InChI=1S/C26H27BrN6O3/c1-30(2)15-18-8-4-6-10-21(18)33(23-17-35-12-13-36-23)25-28-14-19-16-32(22-11-7-5-9-20(22)27)26(34)31(3)24(19)29-25/h4-7,9-14,17-18H,8,15-16H2,1-3H3. The summed E-state index contributed by atoms with van der Waals surface area (Å²) in [5.74, 6) is 1.59. The number of hydrogen-bond acceptors (Lipinski definition) is 7. The van der Waals surface area contributed by atoms with Gasteiger partial charge in [-0.15, -0.1) is 0 Å². The molecule has 3 aliphatic rings. The van der Waals surface area contributed by atoms with Crippen LogP contribution in [0.5, 0.6) is 0 Å². The first-order chi connectivity index (χ1) is 17.4. The van der Waals surface area contributed by atoms with Crippen molar-refractivity contribution >= 4 is 39.4 Å². The molecule has 1 aromatic heterocycles. The van der Waals surface area contributed by atoms with Gasteiger partial charge in [0.1, 0.15) is 18.3 Å². The van der Waals surface area contributed by atoms with Crippen LogP contribution >= 0.6 is 15.9 Å². The Labute approximate surface area is 218 Å². The maximum Gasteiger partial charge on any atom is 0.330 e. The Balaban J connectivity index is 1.54. The summed E-state index contributed by atoms with van der Waals surface area (Å²) in [5, 5.41) is 0. The molecule has 2 aromatic rings. The number of fused-ring (bicyclic) bond motifs is 1. The summed E-state index contributed by atoms with van der Waals surface area (Å²) < 4.78 is 12.1. The third kappa shape index (κ3) is 4.61. The number of urea groups is 1. The number of aromatic nitrogens is 2. The topological polar surface area (TPSA) is 74.3 Å². The van der Waals surface area contributed by atoms with Gasteiger partial charge in [0.15, 0.2) is 6.26 Å². The molecule has 36 heavy (non-hydrogen) atoms. The van der Waals surface area contributed by atoms with E-state index < -0.39 is 0 Å². The number of allylic oxidation sites excluding steroid dienone is 3. The maximum atomic E-state index is 13.4. The predicted molar refractivity (Wildman–Crippen MR) is 142 cm³/mol. The number of benzene rings is 1. The number of anilines is 3. The van der Waals surface area contributed by atoms with Crippen LogP contribution in [-0.2, 0) is 16.0 Å². The third-order valence-corrected chi connectivity index (χ3v) is 6.80. The van der Waals surface area contributed by atoms with Crippen molar-refractivity contribution < 1.29 is 14.3 Å². The summed E-state index contributed by atoms with van der Waals surface area (Å²) in [6.45, 7) is 1.20. The SMILES string of the molecule is CN(C)CC1CC=CC=C1N(C1=COC=CO1)c1ncc2c(n1)N(C)C(=O)N(c1ccccc1Br)C2. The predicted octanol–water partition coefficient (Wildman–Crippen LogP) is 4.96. The molecule has 0 bridgehead atoms. The highest BCUT2D eigenvalue weighted by Gasteiger charge is 2.34. The zero-order chi connectivity index (χ0) is 25.2. The average Bonchev–Trinajstić information content (AvgIpc) is 2.88. The fourth-order valence-electron chi connectivity index (χ4n) is 4.50. The minimum atomic E-state index is -0.171. The number of rotatable bonds is 6. The largest absolute Gasteiger partial charge is 0.464 e. The van der Waals surface area contributed by atoms with Gasteiger partial charge in [-0.05, 0) is 54.7 Å².